The predicted octanol–water partition coefficient (Wildman–Crippen LogP) is 3.29. The molecule has 3 rings (SSSR count). The van der Waals surface area contributed by atoms with Gasteiger partial charge in [0.25, 0.3) is 0 Å². The van der Waals surface area contributed by atoms with Crippen molar-refractivity contribution < 1.29 is 14.3 Å². The molecule has 1 saturated heterocycles. The van der Waals surface area contributed by atoms with Gasteiger partial charge in [-0.05, 0) is 42.5 Å². The monoisotopic (exact) mass is 344 g/mol. The Morgan fingerprint density at radius 2 is 2.28 bits per heavy atom. The average Bonchev–Trinajstić information content (AvgIpc) is 3.02. The number of nitrogens with one attached hydrogen (secondary N) is 2. The van der Waals surface area contributed by atoms with Gasteiger partial charge in [0.15, 0.2) is 0 Å². The van der Waals surface area contributed by atoms with Gasteiger partial charge in [-0.25, -0.2) is 0 Å². The number of rotatable bonds is 6. The summed E-state index contributed by atoms with van der Waals surface area (Å²) in [4.78, 5) is 15.6. The zero-order chi connectivity index (χ0) is 17.8. The van der Waals surface area contributed by atoms with E-state index >= 15 is 0 Å². The Balaban J connectivity index is 1.61. The molecule has 1 amide bonds. The fraction of sp³-hybridized carbons (Fsp3) is 0.550. The molecule has 0 radical (unpaired) electrons. The maximum atomic E-state index is 12.4. The van der Waals surface area contributed by atoms with Gasteiger partial charge >= 0.3 is 0 Å². The van der Waals surface area contributed by atoms with Gasteiger partial charge in [0.1, 0.15) is 5.75 Å². The van der Waals surface area contributed by atoms with E-state index in [2.05, 4.69) is 24.1 Å². The fourth-order valence-electron chi connectivity index (χ4n) is 3.73. The lowest BCUT2D eigenvalue weighted by Gasteiger charge is -2.34. The van der Waals surface area contributed by atoms with Crippen molar-refractivity contribution in [3.05, 3.63) is 30.0 Å². The van der Waals surface area contributed by atoms with Crippen molar-refractivity contribution >= 4 is 16.8 Å². The molecule has 1 aromatic heterocycles. The van der Waals surface area contributed by atoms with E-state index in [-0.39, 0.29) is 12.0 Å². The van der Waals surface area contributed by atoms with Crippen molar-refractivity contribution in [3.8, 4) is 5.75 Å². The quantitative estimate of drug-likeness (QED) is 0.845. The highest BCUT2D eigenvalue weighted by Gasteiger charge is 2.28. The van der Waals surface area contributed by atoms with E-state index in [0.717, 1.165) is 41.7 Å². The van der Waals surface area contributed by atoms with Crippen LogP contribution in [0.3, 0.4) is 0 Å². The first kappa shape index (κ1) is 17.8. The first-order valence-electron chi connectivity index (χ1n) is 9.10. The molecule has 0 aliphatic carbocycles. The SMILES string of the molecule is COc1ccc2[nH]cc(CC(=O)NC[C@H]3CCCO[C@H]3C(C)C)c2c1. The van der Waals surface area contributed by atoms with E-state index in [0.29, 0.717) is 24.8 Å². The third kappa shape index (κ3) is 4.15. The number of aromatic nitrogens is 1. The zero-order valence-electron chi connectivity index (χ0n) is 15.3. The number of fused-ring (bicyclic) bond motifs is 1. The van der Waals surface area contributed by atoms with Crippen LogP contribution in [0.25, 0.3) is 10.9 Å². The lowest BCUT2D eigenvalue weighted by atomic mass is 9.87. The molecule has 1 aliphatic rings. The lowest BCUT2D eigenvalue weighted by Crippen LogP contribution is -2.41. The molecule has 5 nitrogen and oxygen atoms in total. The van der Waals surface area contributed by atoms with Crippen LogP contribution in [0.1, 0.15) is 32.3 Å². The van der Waals surface area contributed by atoms with Gasteiger partial charge < -0.3 is 19.8 Å². The highest BCUT2D eigenvalue weighted by molar-refractivity contribution is 5.89. The van der Waals surface area contributed by atoms with Gasteiger partial charge in [-0.3, -0.25) is 4.79 Å². The van der Waals surface area contributed by atoms with Crippen LogP contribution >= 0.6 is 0 Å². The molecule has 0 saturated carbocycles. The standard InChI is InChI=1S/C20H28N2O3/c1-13(2)20-14(5-4-8-25-20)11-22-19(23)9-15-12-21-18-7-6-16(24-3)10-17(15)18/h6-7,10,12-14,20-21H,4-5,8-9,11H2,1-3H3,(H,22,23)/t14-,20+/m1/s1. The molecule has 1 fully saturated rings. The fourth-order valence-corrected chi connectivity index (χ4v) is 3.73. The van der Waals surface area contributed by atoms with Crippen LogP contribution in [0.2, 0.25) is 0 Å². The molecule has 2 atom stereocenters. The average molecular weight is 344 g/mol. The van der Waals surface area contributed by atoms with E-state index in [4.69, 9.17) is 9.47 Å². The molecule has 1 aromatic carbocycles. The van der Waals surface area contributed by atoms with Crippen LogP contribution in [0.4, 0.5) is 0 Å². The van der Waals surface area contributed by atoms with Crippen molar-refractivity contribution in [1.82, 2.24) is 10.3 Å². The van der Waals surface area contributed by atoms with Crippen molar-refractivity contribution in [1.29, 1.82) is 0 Å². The summed E-state index contributed by atoms with van der Waals surface area (Å²) in [6.07, 6.45) is 4.71. The number of hydrogen-bond acceptors (Lipinski definition) is 3. The van der Waals surface area contributed by atoms with Gasteiger partial charge in [-0.15, -0.1) is 0 Å². The van der Waals surface area contributed by atoms with Crippen molar-refractivity contribution in [3.63, 3.8) is 0 Å². The molecular weight excluding hydrogens is 316 g/mol. The summed E-state index contributed by atoms with van der Waals surface area (Å²) in [6, 6.07) is 5.86. The van der Waals surface area contributed by atoms with Crippen LogP contribution in [0.15, 0.2) is 24.4 Å². The molecule has 2 aromatic rings. The topological polar surface area (TPSA) is 63.4 Å². The number of methoxy groups -OCH3 is 1. The number of carbonyl (C=O) groups is 1. The van der Waals surface area contributed by atoms with E-state index < -0.39 is 0 Å². The van der Waals surface area contributed by atoms with Crippen LogP contribution in [0.5, 0.6) is 5.75 Å². The molecule has 1 aliphatic heterocycles. The number of amides is 1. The lowest BCUT2D eigenvalue weighted by molar-refractivity contribution is -0.121. The van der Waals surface area contributed by atoms with E-state index in [9.17, 15) is 4.79 Å². The van der Waals surface area contributed by atoms with Gasteiger partial charge in [0.05, 0.1) is 19.6 Å². The second-order valence-corrected chi connectivity index (χ2v) is 7.19. The van der Waals surface area contributed by atoms with Crippen molar-refractivity contribution in [2.24, 2.45) is 11.8 Å². The molecule has 2 N–H and O–H groups in total. The zero-order valence-corrected chi connectivity index (χ0v) is 15.3. The van der Waals surface area contributed by atoms with Crippen LogP contribution in [-0.4, -0.2) is 37.3 Å². The number of aromatic amines is 1. The largest absolute Gasteiger partial charge is 0.497 e. The highest BCUT2D eigenvalue weighted by atomic mass is 16.5. The predicted molar refractivity (Wildman–Crippen MR) is 98.9 cm³/mol. The Bertz CT molecular complexity index is 723. The number of carbonyl (C=O) groups excluding carboxylic acids is 1. The third-order valence-corrected chi connectivity index (χ3v) is 5.04. The van der Waals surface area contributed by atoms with Crippen LogP contribution < -0.4 is 10.1 Å². The molecule has 0 spiro atoms. The van der Waals surface area contributed by atoms with Crippen LogP contribution in [-0.2, 0) is 16.0 Å². The third-order valence-electron chi connectivity index (χ3n) is 5.04. The Labute approximate surface area is 149 Å². The second-order valence-electron chi connectivity index (χ2n) is 7.19. The van der Waals surface area contributed by atoms with E-state index in [1.165, 1.54) is 0 Å². The summed E-state index contributed by atoms with van der Waals surface area (Å²) in [5.41, 5.74) is 2.01. The number of H-pyrrole nitrogens is 1. The summed E-state index contributed by atoms with van der Waals surface area (Å²) < 4.78 is 11.2. The Hall–Kier alpha value is -2.01. The van der Waals surface area contributed by atoms with Gasteiger partial charge in [0, 0.05) is 36.2 Å². The summed E-state index contributed by atoms with van der Waals surface area (Å²) >= 11 is 0. The highest BCUT2D eigenvalue weighted by Crippen LogP contribution is 2.26. The summed E-state index contributed by atoms with van der Waals surface area (Å²) in [6.45, 7) is 5.89. The molecule has 5 heteroatoms. The minimum atomic E-state index is 0.0526. The Morgan fingerprint density at radius 1 is 1.44 bits per heavy atom. The molecule has 136 valence electrons. The van der Waals surface area contributed by atoms with Gasteiger partial charge in [-0.2, -0.15) is 0 Å². The first-order valence-corrected chi connectivity index (χ1v) is 9.10. The Kier molecular flexibility index (Phi) is 5.63. The molecule has 0 unspecified atom stereocenters. The molecule has 0 bridgehead atoms. The molecular formula is C20H28N2O3. The molecule has 2 heterocycles. The van der Waals surface area contributed by atoms with Crippen molar-refractivity contribution in [2.45, 2.75) is 39.2 Å². The smallest absolute Gasteiger partial charge is 0.224 e. The van der Waals surface area contributed by atoms with Gasteiger partial charge in [-0.1, -0.05) is 13.8 Å². The summed E-state index contributed by atoms with van der Waals surface area (Å²) in [5, 5.41) is 4.14. The summed E-state index contributed by atoms with van der Waals surface area (Å²) in [5.74, 6) is 1.73. The number of hydrogen-bond donors (Lipinski definition) is 2. The Morgan fingerprint density at radius 3 is 3.04 bits per heavy atom. The minimum Gasteiger partial charge on any atom is -0.497 e. The first-order chi connectivity index (χ1) is 12.1. The normalized spacial score (nSPS) is 20.8. The van der Waals surface area contributed by atoms with Gasteiger partial charge in [0.2, 0.25) is 5.91 Å². The van der Waals surface area contributed by atoms with E-state index in [1.54, 1.807) is 7.11 Å². The van der Waals surface area contributed by atoms with Crippen molar-refractivity contribution in [2.75, 3.05) is 20.3 Å². The second kappa shape index (κ2) is 7.91. The number of ether oxygens (including phenoxy) is 2. The van der Waals surface area contributed by atoms with E-state index in [1.807, 2.05) is 24.4 Å². The summed E-state index contributed by atoms with van der Waals surface area (Å²) in [7, 11) is 1.65. The number of benzene rings is 1. The maximum absolute atomic E-state index is 12.4. The maximum Gasteiger partial charge on any atom is 0.224 e. The molecule has 25 heavy (non-hydrogen) atoms. The minimum absolute atomic E-state index is 0.0526. The van der Waals surface area contributed by atoms with Crippen LogP contribution in [0, 0.1) is 11.8 Å².